The summed E-state index contributed by atoms with van der Waals surface area (Å²) in [7, 11) is 0. The van der Waals surface area contributed by atoms with Gasteiger partial charge in [0.25, 0.3) is 5.91 Å². The standard InChI is InChI=1S/C22H22N8O2/c1-2-3-4-11-29(24)28-20(23)15-7-5-14(6-8-15)19-21(31)27-22(32)30(19)16-9-10-17-18(12-16)26-13-25-17/h5-10,12-13,19H,2,11,24H2,1H3,(H2,23,28)(H,25,26)(H,27,31,32). The van der Waals surface area contributed by atoms with Crippen LogP contribution >= 0.6 is 0 Å². The number of nitrogens with one attached hydrogen (secondary N) is 2. The van der Waals surface area contributed by atoms with Crippen molar-refractivity contribution in [2.75, 3.05) is 11.4 Å². The number of aromatic amines is 1. The average molecular weight is 430 g/mol. The van der Waals surface area contributed by atoms with Crippen molar-refractivity contribution in [1.82, 2.24) is 20.4 Å². The van der Waals surface area contributed by atoms with E-state index < -0.39 is 18.0 Å². The fraction of sp³-hybridized carbons (Fsp3) is 0.182. The number of hydrogen-bond donors (Lipinski definition) is 4. The molecule has 6 N–H and O–H groups in total. The number of carbonyl (C=O) groups is 2. The number of nitrogens with two attached hydrogens (primary N) is 2. The Bertz CT molecular complexity index is 1250. The Kier molecular flexibility index (Phi) is 5.74. The highest BCUT2D eigenvalue weighted by molar-refractivity contribution is 6.15. The average Bonchev–Trinajstić information content (AvgIpc) is 3.36. The summed E-state index contributed by atoms with van der Waals surface area (Å²) < 4.78 is 0. The Labute approximate surface area is 184 Å². The van der Waals surface area contributed by atoms with E-state index in [1.54, 1.807) is 42.7 Å². The van der Waals surface area contributed by atoms with Gasteiger partial charge in [-0.15, -0.1) is 11.0 Å². The van der Waals surface area contributed by atoms with Crippen LogP contribution in [0.5, 0.6) is 0 Å². The van der Waals surface area contributed by atoms with Crippen LogP contribution in [0.1, 0.15) is 30.5 Å². The number of imide groups is 1. The van der Waals surface area contributed by atoms with E-state index in [1.165, 1.54) is 10.0 Å². The fourth-order valence-electron chi connectivity index (χ4n) is 3.43. The Hall–Kier alpha value is -4.36. The molecular weight excluding hydrogens is 408 g/mol. The van der Waals surface area contributed by atoms with Gasteiger partial charge in [0, 0.05) is 17.7 Å². The van der Waals surface area contributed by atoms with Crippen LogP contribution in [0.4, 0.5) is 10.5 Å². The molecule has 1 aliphatic rings. The van der Waals surface area contributed by atoms with E-state index in [-0.39, 0.29) is 12.4 Å². The normalized spacial score (nSPS) is 16.1. The number of aromatic nitrogens is 2. The predicted octanol–water partition coefficient (Wildman–Crippen LogP) is 1.57. The van der Waals surface area contributed by atoms with Gasteiger partial charge >= 0.3 is 6.03 Å². The minimum absolute atomic E-state index is 0.213. The summed E-state index contributed by atoms with van der Waals surface area (Å²) in [5, 5.41) is 7.66. The Morgan fingerprint density at radius 1 is 1.22 bits per heavy atom. The highest BCUT2D eigenvalue weighted by Gasteiger charge is 2.40. The van der Waals surface area contributed by atoms with E-state index in [0.29, 0.717) is 22.3 Å². The molecule has 3 amide bonds. The van der Waals surface area contributed by atoms with Crippen molar-refractivity contribution in [2.45, 2.75) is 19.4 Å². The lowest BCUT2D eigenvalue weighted by Crippen LogP contribution is -2.30. The lowest BCUT2D eigenvalue weighted by atomic mass is 10.0. The van der Waals surface area contributed by atoms with Crippen LogP contribution < -0.4 is 21.8 Å². The van der Waals surface area contributed by atoms with E-state index >= 15 is 0 Å². The number of carbonyl (C=O) groups excluding carboxylic acids is 2. The van der Waals surface area contributed by atoms with Crippen LogP contribution in [0.25, 0.3) is 11.0 Å². The van der Waals surface area contributed by atoms with Gasteiger partial charge in [-0.25, -0.2) is 20.7 Å². The van der Waals surface area contributed by atoms with Crippen LogP contribution in [-0.2, 0) is 4.79 Å². The molecule has 0 bridgehead atoms. The fourth-order valence-corrected chi connectivity index (χ4v) is 3.43. The summed E-state index contributed by atoms with van der Waals surface area (Å²) in [6.07, 6.45) is 2.31. The highest BCUT2D eigenvalue weighted by atomic mass is 16.2. The first kappa shape index (κ1) is 20.9. The molecular formula is C22H22N8O2. The smallest absolute Gasteiger partial charge is 0.329 e. The molecule has 2 aromatic carbocycles. The van der Waals surface area contributed by atoms with Crippen LogP contribution in [-0.4, -0.2) is 39.4 Å². The zero-order chi connectivity index (χ0) is 22.7. The Morgan fingerprint density at radius 2 is 2.00 bits per heavy atom. The Balaban J connectivity index is 1.59. The third kappa shape index (κ3) is 4.10. The second-order valence-electron chi connectivity index (χ2n) is 7.08. The molecule has 1 atom stereocenters. The molecule has 1 unspecified atom stereocenters. The van der Waals surface area contributed by atoms with Gasteiger partial charge in [0.05, 0.1) is 17.4 Å². The number of hydrazine groups is 1. The first-order valence-corrected chi connectivity index (χ1v) is 9.97. The van der Waals surface area contributed by atoms with Crippen molar-refractivity contribution >= 4 is 34.5 Å². The largest absolute Gasteiger partial charge is 0.382 e. The van der Waals surface area contributed by atoms with E-state index in [9.17, 15) is 9.59 Å². The van der Waals surface area contributed by atoms with Crippen molar-refractivity contribution in [2.24, 2.45) is 16.7 Å². The minimum Gasteiger partial charge on any atom is -0.382 e. The van der Waals surface area contributed by atoms with Gasteiger partial charge in [-0.3, -0.25) is 15.0 Å². The molecule has 2 heterocycles. The van der Waals surface area contributed by atoms with Crippen LogP contribution in [0, 0.1) is 11.8 Å². The number of nitrogens with zero attached hydrogens (tertiary/aromatic N) is 4. The molecule has 0 aliphatic carbocycles. The number of amidine groups is 1. The lowest BCUT2D eigenvalue weighted by molar-refractivity contribution is -0.119. The third-order valence-electron chi connectivity index (χ3n) is 4.94. The molecule has 10 nitrogen and oxygen atoms in total. The van der Waals surface area contributed by atoms with Gasteiger partial charge in [0.15, 0.2) is 5.84 Å². The van der Waals surface area contributed by atoms with Gasteiger partial charge in [0.1, 0.15) is 12.6 Å². The molecule has 0 radical (unpaired) electrons. The SMILES string of the molecule is CCC#CCN(N)/N=C(\N)c1ccc(C2C(=O)NC(=O)N2c2ccc3[nH]cnc3c2)cc1. The number of H-pyrrole nitrogens is 1. The van der Waals surface area contributed by atoms with Crippen molar-refractivity contribution in [3.8, 4) is 11.8 Å². The summed E-state index contributed by atoms with van der Waals surface area (Å²) in [4.78, 5) is 33.8. The molecule has 1 fully saturated rings. The number of anilines is 1. The molecule has 1 aromatic heterocycles. The third-order valence-corrected chi connectivity index (χ3v) is 4.94. The summed E-state index contributed by atoms with van der Waals surface area (Å²) in [5.74, 6) is 11.4. The topological polar surface area (TPSA) is 146 Å². The molecule has 10 heteroatoms. The summed E-state index contributed by atoms with van der Waals surface area (Å²) in [5.41, 5.74) is 9.40. The predicted molar refractivity (Wildman–Crippen MR) is 121 cm³/mol. The second kappa shape index (κ2) is 8.79. The van der Waals surface area contributed by atoms with Crippen LogP contribution in [0.3, 0.4) is 0 Å². The number of hydrazone groups is 1. The number of hydrogen-bond acceptors (Lipinski definition) is 6. The van der Waals surface area contributed by atoms with Gasteiger partial charge in [0.2, 0.25) is 0 Å². The maximum absolute atomic E-state index is 12.6. The summed E-state index contributed by atoms with van der Waals surface area (Å²) >= 11 is 0. The van der Waals surface area contributed by atoms with Gasteiger partial charge in [-0.2, -0.15) is 0 Å². The number of urea groups is 1. The maximum atomic E-state index is 12.6. The lowest BCUT2D eigenvalue weighted by Gasteiger charge is -2.22. The minimum atomic E-state index is -0.818. The summed E-state index contributed by atoms with van der Waals surface area (Å²) in [6.45, 7) is 2.20. The number of rotatable bonds is 5. The second-order valence-corrected chi connectivity index (χ2v) is 7.08. The van der Waals surface area contributed by atoms with Crippen molar-refractivity contribution in [3.05, 3.63) is 59.9 Å². The summed E-state index contributed by atoms with van der Waals surface area (Å²) in [6, 6.07) is 10.9. The van der Waals surface area contributed by atoms with Gasteiger partial charge < -0.3 is 10.7 Å². The van der Waals surface area contributed by atoms with E-state index in [0.717, 1.165) is 11.9 Å². The Morgan fingerprint density at radius 3 is 2.75 bits per heavy atom. The van der Waals surface area contributed by atoms with Crippen molar-refractivity contribution < 1.29 is 9.59 Å². The number of benzene rings is 2. The van der Waals surface area contributed by atoms with Crippen LogP contribution in [0.15, 0.2) is 53.9 Å². The number of imidazole rings is 1. The van der Waals surface area contributed by atoms with Gasteiger partial charge in [-0.05, 0) is 23.8 Å². The van der Waals surface area contributed by atoms with E-state index in [1.807, 2.05) is 13.0 Å². The van der Waals surface area contributed by atoms with Crippen molar-refractivity contribution in [3.63, 3.8) is 0 Å². The monoisotopic (exact) mass is 430 g/mol. The molecule has 162 valence electrons. The quantitative estimate of drug-likeness (QED) is 0.121. The molecule has 0 saturated carbocycles. The number of fused-ring (bicyclic) bond motifs is 1. The molecule has 3 aromatic rings. The molecule has 32 heavy (non-hydrogen) atoms. The molecule has 4 rings (SSSR count). The molecule has 1 saturated heterocycles. The molecule has 1 aliphatic heterocycles. The van der Waals surface area contributed by atoms with Gasteiger partial charge in [-0.1, -0.05) is 37.1 Å². The maximum Gasteiger partial charge on any atom is 0.329 e. The van der Waals surface area contributed by atoms with Crippen LogP contribution in [0.2, 0.25) is 0 Å². The first-order chi connectivity index (χ1) is 15.5. The molecule has 0 spiro atoms. The zero-order valence-corrected chi connectivity index (χ0v) is 17.4. The number of amides is 3. The first-order valence-electron chi connectivity index (χ1n) is 9.97. The zero-order valence-electron chi connectivity index (χ0n) is 17.4. The van der Waals surface area contributed by atoms with Crippen molar-refractivity contribution in [1.29, 1.82) is 0 Å². The van der Waals surface area contributed by atoms with E-state index in [4.69, 9.17) is 11.6 Å². The highest BCUT2D eigenvalue weighted by Crippen LogP contribution is 2.32. The van der Waals surface area contributed by atoms with E-state index in [2.05, 4.69) is 32.2 Å².